The van der Waals surface area contributed by atoms with Gasteiger partial charge in [-0.05, 0) is 45.3 Å². The quantitative estimate of drug-likeness (QED) is 0.647. The van der Waals surface area contributed by atoms with Gasteiger partial charge in [0.15, 0.2) is 0 Å². The molecule has 140 valence electrons. The zero-order chi connectivity index (χ0) is 19.1. The van der Waals surface area contributed by atoms with Crippen LogP contribution in [-0.2, 0) is 23.6 Å². The van der Waals surface area contributed by atoms with Gasteiger partial charge in [0.2, 0.25) is 5.91 Å². The number of methoxy groups -OCH3 is 1. The molecule has 0 spiro atoms. The van der Waals surface area contributed by atoms with Gasteiger partial charge in [-0.15, -0.1) is 0 Å². The van der Waals surface area contributed by atoms with Crippen LogP contribution in [0.1, 0.15) is 34.1 Å². The first-order valence-corrected chi connectivity index (χ1v) is 8.74. The first-order chi connectivity index (χ1) is 12.1. The maximum absolute atomic E-state index is 12.0. The molecule has 7 nitrogen and oxygen atoms in total. The number of ether oxygens (including phenoxy) is 1. The van der Waals surface area contributed by atoms with Gasteiger partial charge in [-0.3, -0.25) is 9.59 Å². The fourth-order valence-corrected chi connectivity index (χ4v) is 3.00. The maximum Gasteiger partial charge on any atom is 0.494 e. The molecular weight excluding hydrogens is 335 g/mol. The van der Waals surface area contributed by atoms with Gasteiger partial charge >= 0.3 is 13.1 Å². The average Bonchev–Trinajstić information content (AvgIpc) is 2.69. The minimum absolute atomic E-state index is 0.0747. The Balaban J connectivity index is 1.94. The number of benzene rings is 1. The van der Waals surface area contributed by atoms with Gasteiger partial charge in [0, 0.05) is 13.0 Å². The zero-order valence-corrected chi connectivity index (χ0v) is 15.9. The fraction of sp³-hybridized carbons (Fsp3) is 0.556. The molecule has 0 atom stereocenters. The Hall–Kier alpha value is -2.06. The van der Waals surface area contributed by atoms with E-state index < -0.39 is 18.3 Å². The summed E-state index contributed by atoms with van der Waals surface area (Å²) < 4.78 is 17.0. The molecule has 0 saturated carbocycles. The molecule has 0 aromatic heterocycles. The summed E-state index contributed by atoms with van der Waals surface area (Å²) in [6, 6.07) is 5.61. The van der Waals surface area contributed by atoms with Crippen molar-refractivity contribution < 1.29 is 23.6 Å². The number of rotatable bonds is 3. The van der Waals surface area contributed by atoms with Crippen molar-refractivity contribution in [2.75, 3.05) is 30.4 Å². The summed E-state index contributed by atoms with van der Waals surface area (Å²) in [5.41, 5.74) is 1.38. The Morgan fingerprint density at radius 1 is 1.27 bits per heavy atom. The standard InChI is InChI=1S/C18H25BN2O5/c1-17(2)18(3,4)26-19(25-17)12-6-7-13-14(10-12)21(11-16(23)24-5)9-8-15(22)20-13/h6-7,10H,8-9,11H2,1-5H3,(H,20,22). The second-order valence-corrected chi connectivity index (χ2v) is 7.66. The van der Waals surface area contributed by atoms with Gasteiger partial charge in [0.25, 0.3) is 0 Å². The van der Waals surface area contributed by atoms with E-state index >= 15 is 0 Å². The summed E-state index contributed by atoms with van der Waals surface area (Å²) in [6.45, 7) is 8.51. The molecule has 1 amide bonds. The van der Waals surface area contributed by atoms with Crippen molar-refractivity contribution in [2.45, 2.75) is 45.3 Å². The Kier molecular flexibility index (Phi) is 4.75. The third-order valence-corrected chi connectivity index (χ3v) is 5.32. The highest BCUT2D eigenvalue weighted by atomic mass is 16.7. The van der Waals surface area contributed by atoms with Gasteiger partial charge in [-0.25, -0.2) is 0 Å². The predicted molar refractivity (Wildman–Crippen MR) is 99.6 cm³/mol. The van der Waals surface area contributed by atoms with Crippen molar-refractivity contribution in [3.63, 3.8) is 0 Å². The van der Waals surface area contributed by atoms with Crippen LogP contribution in [0.3, 0.4) is 0 Å². The van der Waals surface area contributed by atoms with Crippen LogP contribution >= 0.6 is 0 Å². The number of nitrogens with one attached hydrogen (secondary N) is 1. The molecule has 8 heteroatoms. The monoisotopic (exact) mass is 360 g/mol. The summed E-state index contributed by atoms with van der Waals surface area (Å²) in [5.74, 6) is -0.437. The topological polar surface area (TPSA) is 77.1 Å². The van der Waals surface area contributed by atoms with E-state index in [1.807, 2.05) is 50.8 Å². The third kappa shape index (κ3) is 3.43. The molecule has 2 aliphatic rings. The van der Waals surface area contributed by atoms with E-state index in [0.717, 1.165) is 11.2 Å². The van der Waals surface area contributed by atoms with Crippen LogP contribution in [-0.4, -0.2) is 50.4 Å². The normalized spacial score (nSPS) is 21.0. The minimum atomic E-state index is -0.510. The van der Waals surface area contributed by atoms with Crippen molar-refractivity contribution >= 4 is 35.8 Å². The highest BCUT2D eigenvalue weighted by Gasteiger charge is 2.51. The van der Waals surface area contributed by atoms with Gasteiger partial charge in [0.05, 0.1) is 29.7 Å². The number of hydrogen-bond donors (Lipinski definition) is 1. The second-order valence-electron chi connectivity index (χ2n) is 7.66. The summed E-state index contributed by atoms with van der Waals surface area (Å²) in [6.07, 6.45) is 0.303. The fourth-order valence-electron chi connectivity index (χ4n) is 3.00. The van der Waals surface area contributed by atoms with Gasteiger partial charge in [-0.2, -0.15) is 0 Å². The molecule has 1 N–H and O–H groups in total. The molecule has 1 saturated heterocycles. The number of amides is 1. The van der Waals surface area contributed by atoms with Crippen LogP contribution in [0.25, 0.3) is 0 Å². The molecule has 0 aliphatic carbocycles. The Bertz CT molecular complexity index is 718. The highest BCUT2D eigenvalue weighted by molar-refractivity contribution is 6.62. The number of carbonyl (C=O) groups is 2. The summed E-state index contributed by atoms with van der Waals surface area (Å²) in [5, 5.41) is 2.88. The molecule has 2 aliphatic heterocycles. The lowest BCUT2D eigenvalue weighted by molar-refractivity contribution is -0.139. The van der Waals surface area contributed by atoms with Crippen molar-refractivity contribution in [3.8, 4) is 0 Å². The van der Waals surface area contributed by atoms with E-state index in [0.29, 0.717) is 18.7 Å². The molecule has 1 aromatic rings. The highest BCUT2D eigenvalue weighted by Crippen LogP contribution is 2.37. The largest absolute Gasteiger partial charge is 0.494 e. The molecule has 3 rings (SSSR count). The van der Waals surface area contributed by atoms with E-state index in [9.17, 15) is 9.59 Å². The summed E-state index contributed by atoms with van der Waals surface area (Å²) >= 11 is 0. The lowest BCUT2D eigenvalue weighted by Gasteiger charge is -2.32. The summed E-state index contributed by atoms with van der Waals surface area (Å²) in [7, 11) is 0.842. The average molecular weight is 360 g/mol. The van der Waals surface area contributed by atoms with E-state index in [1.165, 1.54) is 7.11 Å². The first kappa shape index (κ1) is 18.7. The van der Waals surface area contributed by atoms with Crippen molar-refractivity contribution in [3.05, 3.63) is 18.2 Å². The Morgan fingerprint density at radius 3 is 2.54 bits per heavy atom. The van der Waals surface area contributed by atoms with Crippen molar-refractivity contribution in [1.29, 1.82) is 0 Å². The second kappa shape index (κ2) is 6.59. The molecule has 1 fully saturated rings. The van der Waals surface area contributed by atoms with Crippen LogP contribution in [0.4, 0.5) is 11.4 Å². The van der Waals surface area contributed by atoms with Gasteiger partial charge < -0.3 is 24.3 Å². The van der Waals surface area contributed by atoms with Crippen molar-refractivity contribution in [1.82, 2.24) is 0 Å². The van der Waals surface area contributed by atoms with Crippen LogP contribution in [0.5, 0.6) is 0 Å². The van der Waals surface area contributed by atoms with Crippen LogP contribution in [0.15, 0.2) is 18.2 Å². The molecule has 2 heterocycles. The lowest BCUT2D eigenvalue weighted by atomic mass is 9.78. The predicted octanol–water partition coefficient (Wildman–Crippen LogP) is 1.31. The van der Waals surface area contributed by atoms with Gasteiger partial charge in [0.1, 0.15) is 6.54 Å². The lowest BCUT2D eigenvalue weighted by Crippen LogP contribution is -2.41. The van der Waals surface area contributed by atoms with E-state index in [2.05, 4.69) is 5.32 Å². The number of anilines is 2. The number of esters is 1. The van der Waals surface area contributed by atoms with E-state index in [1.54, 1.807) is 0 Å². The maximum atomic E-state index is 12.0. The number of nitrogens with zero attached hydrogens (tertiary/aromatic N) is 1. The molecule has 26 heavy (non-hydrogen) atoms. The number of carbonyl (C=O) groups excluding carboxylic acids is 2. The molecule has 0 radical (unpaired) electrons. The smallest absolute Gasteiger partial charge is 0.468 e. The van der Waals surface area contributed by atoms with Crippen LogP contribution < -0.4 is 15.7 Å². The Labute approximate surface area is 154 Å². The number of hydrogen-bond acceptors (Lipinski definition) is 6. The van der Waals surface area contributed by atoms with Crippen molar-refractivity contribution in [2.24, 2.45) is 0 Å². The minimum Gasteiger partial charge on any atom is -0.468 e. The van der Waals surface area contributed by atoms with Crippen LogP contribution in [0.2, 0.25) is 0 Å². The molecule has 0 bridgehead atoms. The molecule has 1 aromatic carbocycles. The van der Waals surface area contributed by atoms with E-state index in [4.69, 9.17) is 14.0 Å². The summed E-state index contributed by atoms with van der Waals surface area (Å²) in [4.78, 5) is 25.6. The molecule has 0 unspecified atom stereocenters. The third-order valence-electron chi connectivity index (χ3n) is 5.32. The first-order valence-electron chi connectivity index (χ1n) is 8.74. The zero-order valence-electron chi connectivity index (χ0n) is 15.9. The Morgan fingerprint density at radius 2 is 1.92 bits per heavy atom. The molecular formula is C18H25BN2O5. The van der Waals surface area contributed by atoms with Gasteiger partial charge in [-0.1, -0.05) is 6.07 Å². The van der Waals surface area contributed by atoms with E-state index in [-0.39, 0.29) is 18.4 Å². The van der Waals surface area contributed by atoms with Crippen LogP contribution in [0, 0.1) is 0 Å². The number of fused-ring (bicyclic) bond motifs is 1. The SMILES string of the molecule is COC(=O)CN1CCC(=O)Nc2ccc(B3OC(C)(C)C(C)(C)O3)cc21.